The maximum atomic E-state index is 11.9. The highest BCUT2D eigenvalue weighted by Crippen LogP contribution is 2.30. The summed E-state index contributed by atoms with van der Waals surface area (Å²) < 4.78 is 36.6. The van der Waals surface area contributed by atoms with Crippen LogP contribution in [0.2, 0.25) is 0 Å². The lowest BCUT2D eigenvalue weighted by Gasteiger charge is -2.07. The number of aromatic carboxylic acids is 1. The van der Waals surface area contributed by atoms with E-state index in [0.717, 1.165) is 16.8 Å². The average Bonchev–Trinajstić information content (AvgIpc) is 2.59. The van der Waals surface area contributed by atoms with Gasteiger partial charge >= 0.3 is 11.5 Å². The van der Waals surface area contributed by atoms with Crippen LogP contribution in [0.4, 0.5) is 18.9 Å². The number of nitro groups is 1. The van der Waals surface area contributed by atoms with E-state index >= 15 is 0 Å². The van der Waals surface area contributed by atoms with Gasteiger partial charge in [0.25, 0.3) is 5.69 Å². The van der Waals surface area contributed by atoms with Crippen molar-refractivity contribution in [3.8, 4) is 0 Å². The third-order valence-corrected chi connectivity index (χ3v) is 2.62. The van der Waals surface area contributed by atoms with Gasteiger partial charge in [0.05, 0.1) is 11.1 Å². The zero-order valence-electron chi connectivity index (χ0n) is 8.68. The molecule has 10 heteroatoms. The molecule has 1 rings (SSSR count). The Morgan fingerprint density at radius 2 is 2.17 bits per heavy atom. The fourth-order valence-electron chi connectivity index (χ4n) is 1.22. The zero-order valence-corrected chi connectivity index (χ0v) is 9.49. The lowest BCUT2D eigenvalue weighted by Crippen LogP contribution is -2.11. The number of halogens is 3. The Labute approximate surface area is 103 Å². The molecule has 0 unspecified atom stereocenters. The molecule has 18 heavy (non-hydrogen) atoms. The Morgan fingerprint density at radius 3 is 2.61 bits per heavy atom. The van der Waals surface area contributed by atoms with Crippen molar-refractivity contribution in [2.45, 2.75) is 12.1 Å². The molecule has 0 radical (unpaired) electrons. The molecule has 0 aliphatic rings. The predicted octanol–water partition coefficient (Wildman–Crippen LogP) is 2.35. The van der Waals surface area contributed by atoms with E-state index in [4.69, 9.17) is 5.11 Å². The van der Waals surface area contributed by atoms with Gasteiger partial charge in [0, 0.05) is 18.4 Å². The summed E-state index contributed by atoms with van der Waals surface area (Å²) >= 11 is -0.317. The molecule has 1 heterocycles. The molecule has 0 saturated carbocycles. The van der Waals surface area contributed by atoms with Crippen molar-refractivity contribution in [2.75, 3.05) is 5.75 Å². The van der Waals surface area contributed by atoms with Crippen LogP contribution in [0.5, 0.6) is 0 Å². The molecular weight excluding hydrogens is 277 g/mol. The summed E-state index contributed by atoms with van der Waals surface area (Å²) in [5.41, 5.74) is -5.29. The number of nitrogens with zero attached hydrogens (tertiary/aromatic N) is 2. The smallest absolute Gasteiger partial charge is 0.441 e. The molecule has 1 N–H and O–H groups in total. The highest BCUT2D eigenvalue weighted by Gasteiger charge is 2.28. The fraction of sp³-hybridized carbons (Fsp3) is 0.375. The number of carbonyl (C=O) groups is 1. The Kier molecular flexibility index (Phi) is 4.22. The van der Waals surface area contributed by atoms with Gasteiger partial charge in [0.1, 0.15) is 5.69 Å². The number of hydrogen-bond donors (Lipinski definition) is 1. The molecule has 0 fully saturated rings. The Hall–Kier alpha value is -1.71. The Balaban J connectivity index is 2.81. The number of thioether (sulfide) groups is 1. The van der Waals surface area contributed by atoms with Crippen molar-refractivity contribution in [3.63, 3.8) is 0 Å². The van der Waals surface area contributed by atoms with Crippen molar-refractivity contribution in [3.05, 3.63) is 28.1 Å². The molecule has 0 saturated heterocycles. The standard InChI is InChI=1S/C8H7F3N2O4S/c9-8(10,11)18-2-1-12-4-5(13(16)17)3-6(12)7(14)15/h3-4H,1-2H2,(H,14,15). The van der Waals surface area contributed by atoms with Crippen molar-refractivity contribution in [1.29, 1.82) is 0 Å². The summed E-state index contributed by atoms with van der Waals surface area (Å²) in [6, 6.07) is 0.806. The highest BCUT2D eigenvalue weighted by atomic mass is 32.2. The Morgan fingerprint density at radius 1 is 1.56 bits per heavy atom. The fourth-order valence-corrected chi connectivity index (χ4v) is 1.74. The second-order valence-electron chi connectivity index (χ2n) is 3.13. The van der Waals surface area contributed by atoms with Gasteiger partial charge < -0.3 is 9.67 Å². The predicted molar refractivity (Wildman–Crippen MR) is 56.6 cm³/mol. The van der Waals surface area contributed by atoms with E-state index in [2.05, 4.69) is 0 Å². The van der Waals surface area contributed by atoms with Crippen LogP contribution in [0.15, 0.2) is 12.3 Å². The summed E-state index contributed by atoms with van der Waals surface area (Å²) in [6.45, 7) is -0.278. The average molecular weight is 284 g/mol. The molecule has 0 atom stereocenters. The molecule has 6 nitrogen and oxygen atoms in total. The van der Waals surface area contributed by atoms with Crippen LogP contribution in [0.3, 0.4) is 0 Å². The first-order valence-corrected chi connectivity index (χ1v) is 5.48. The van der Waals surface area contributed by atoms with Crippen molar-refractivity contribution in [1.82, 2.24) is 4.57 Å². The normalized spacial score (nSPS) is 11.5. The minimum Gasteiger partial charge on any atom is -0.477 e. The largest absolute Gasteiger partial charge is 0.477 e. The van der Waals surface area contributed by atoms with E-state index in [0.29, 0.717) is 0 Å². The number of rotatable bonds is 5. The summed E-state index contributed by atoms with van der Waals surface area (Å²) in [5, 5.41) is 19.2. The van der Waals surface area contributed by atoms with Crippen molar-refractivity contribution >= 4 is 23.4 Å². The SMILES string of the molecule is O=C(O)c1cc([N+](=O)[O-])cn1CCSC(F)(F)F. The van der Waals surface area contributed by atoms with Gasteiger partial charge in [-0.1, -0.05) is 0 Å². The summed E-state index contributed by atoms with van der Waals surface area (Å²) in [4.78, 5) is 20.4. The molecule has 0 bridgehead atoms. The first kappa shape index (κ1) is 14.4. The molecule has 0 spiro atoms. The molecule has 0 aromatic carbocycles. The van der Waals surface area contributed by atoms with E-state index < -0.39 is 33.5 Å². The molecule has 0 aliphatic heterocycles. The van der Waals surface area contributed by atoms with Crippen LogP contribution < -0.4 is 0 Å². The second kappa shape index (κ2) is 5.29. The van der Waals surface area contributed by atoms with E-state index in [1.807, 2.05) is 0 Å². The van der Waals surface area contributed by atoms with Gasteiger partial charge in [0.15, 0.2) is 0 Å². The summed E-state index contributed by atoms with van der Waals surface area (Å²) in [7, 11) is 0. The van der Waals surface area contributed by atoms with Gasteiger partial charge in [-0.2, -0.15) is 13.2 Å². The van der Waals surface area contributed by atoms with Crippen LogP contribution >= 0.6 is 11.8 Å². The number of aryl methyl sites for hydroxylation is 1. The molecule has 100 valence electrons. The quantitative estimate of drug-likeness (QED) is 0.662. The zero-order chi connectivity index (χ0) is 13.9. The lowest BCUT2D eigenvalue weighted by atomic mass is 10.4. The maximum Gasteiger partial charge on any atom is 0.441 e. The van der Waals surface area contributed by atoms with Crippen molar-refractivity contribution in [2.24, 2.45) is 0 Å². The number of alkyl halides is 3. The first-order chi connectivity index (χ1) is 8.20. The van der Waals surface area contributed by atoms with Gasteiger partial charge in [-0.15, -0.1) is 0 Å². The highest BCUT2D eigenvalue weighted by molar-refractivity contribution is 8.00. The van der Waals surface area contributed by atoms with Crippen molar-refractivity contribution < 1.29 is 28.0 Å². The number of aromatic nitrogens is 1. The number of carboxylic acid groups (broad SMARTS) is 1. The summed E-state index contributed by atoms with van der Waals surface area (Å²) in [5.74, 6) is -1.85. The molecular formula is C8H7F3N2O4S. The maximum absolute atomic E-state index is 11.9. The van der Waals surface area contributed by atoms with Crippen LogP contribution in [-0.4, -0.2) is 31.8 Å². The lowest BCUT2D eigenvalue weighted by molar-refractivity contribution is -0.384. The van der Waals surface area contributed by atoms with E-state index in [9.17, 15) is 28.1 Å². The van der Waals surface area contributed by atoms with Crippen LogP contribution in [0.1, 0.15) is 10.5 Å². The molecule has 1 aromatic heterocycles. The monoisotopic (exact) mass is 284 g/mol. The van der Waals surface area contributed by atoms with E-state index in [-0.39, 0.29) is 18.3 Å². The first-order valence-electron chi connectivity index (χ1n) is 4.49. The van der Waals surface area contributed by atoms with E-state index in [1.165, 1.54) is 0 Å². The third kappa shape index (κ3) is 3.95. The number of hydrogen-bond acceptors (Lipinski definition) is 4. The molecule has 0 amide bonds. The Bertz CT molecular complexity index is 471. The van der Waals surface area contributed by atoms with Crippen LogP contribution in [0.25, 0.3) is 0 Å². The van der Waals surface area contributed by atoms with Gasteiger partial charge in [-0.3, -0.25) is 10.1 Å². The van der Waals surface area contributed by atoms with Gasteiger partial charge in [-0.25, -0.2) is 4.79 Å². The topological polar surface area (TPSA) is 85.4 Å². The minimum absolute atomic E-state index is 0.278. The second-order valence-corrected chi connectivity index (χ2v) is 4.29. The number of carboxylic acids is 1. The minimum atomic E-state index is -4.41. The van der Waals surface area contributed by atoms with Gasteiger partial charge in [-0.05, 0) is 11.8 Å². The molecule has 0 aliphatic carbocycles. The third-order valence-electron chi connectivity index (χ3n) is 1.91. The van der Waals surface area contributed by atoms with E-state index in [1.54, 1.807) is 0 Å². The molecule has 1 aromatic rings. The van der Waals surface area contributed by atoms with Gasteiger partial charge in [0.2, 0.25) is 0 Å². The summed E-state index contributed by atoms with van der Waals surface area (Å²) in [6.07, 6.45) is 0.903. The van der Waals surface area contributed by atoms with Crippen LogP contribution in [-0.2, 0) is 6.54 Å². The van der Waals surface area contributed by atoms with Crippen LogP contribution in [0, 0.1) is 10.1 Å².